The van der Waals surface area contributed by atoms with E-state index >= 15 is 0 Å². The summed E-state index contributed by atoms with van der Waals surface area (Å²) in [7, 11) is 1.38. The van der Waals surface area contributed by atoms with Gasteiger partial charge in [-0.25, -0.2) is 9.48 Å². The highest BCUT2D eigenvalue weighted by atomic mass is 16.5. The highest BCUT2D eigenvalue weighted by molar-refractivity contribution is 5.91. The topological polar surface area (TPSA) is 73.6 Å². The van der Waals surface area contributed by atoms with E-state index < -0.39 is 5.97 Å². The van der Waals surface area contributed by atoms with E-state index in [0.717, 1.165) is 34.7 Å². The summed E-state index contributed by atoms with van der Waals surface area (Å²) in [4.78, 5) is 12.5. The zero-order valence-corrected chi connectivity index (χ0v) is 21.5. The number of methoxy groups -OCH3 is 1. The lowest BCUT2D eigenvalue weighted by molar-refractivity contribution is 0.0599. The largest absolute Gasteiger partial charge is 0.490 e. The summed E-state index contributed by atoms with van der Waals surface area (Å²) in [5.74, 6) is 7.08. The molecule has 0 unspecified atom stereocenters. The molecular formula is C31H34N2O4. The zero-order chi connectivity index (χ0) is 25.8. The Bertz CT molecular complexity index is 1310. The van der Waals surface area contributed by atoms with Crippen LogP contribution in [0.3, 0.4) is 0 Å². The first-order valence-corrected chi connectivity index (χ1v) is 13.2. The third-order valence-corrected chi connectivity index (χ3v) is 7.61. The number of esters is 1. The van der Waals surface area contributed by atoms with Gasteiger partial charge >= 0.3 is 5.97 Å². The molecule has 6 nitrogen and oxygen atoms in total. The number of benzene rings is 2. The highest BCUT2D eigenvalue weighted by Gasteiger charge is 2.42. The predicted octanol–water partition coefficient (Wildman–Crippen LogP) is 5.77. The number of hydrogen-bond acceptors (Lipinski definition) is 5. The number of aliphatic hydroxyl groups excluding tert-OH is 1. The third kappa shape index (κ3) is 5.57. The van der Waals surface area contributed by atoms with Crippen molar-refractivity contribution in [2.75, 3.05) is 13.7 Å². The van der Waals surface area contributed by atoms with E-state index in [1.807, 2.05) is 28.9 Å². The molecule has 37 heavy (non-hydrogen) atoms. The van der Waals surface area contributed by atoms with E-state index in [1.165, 1.54) is 39.2 Å². The van der Waals surface area contributed by atoms with E-state index in [2.05, 4.69) is 48.1 Å². The molecule has 2 fully saturated rings. The molecule has 0 aliphatic heterocycles. The maximum atomic E-state index is 12.5. The van der Waals surface area contributed by atoms with Gasteiger partial charge < -0.3 is 14.6 Å². The van der Waals surface area contributed by atoms with E-state index in [0.29, 0.717) is 11.5 Å². The molecule has 5 rings (SSSR count). The average molecular weight is 499 g/mol. The number of rotatable bonds is 7. The van der Waals surface area contributed by atoms with Crippen molar-refractivity contribution in [3.05, 3.63) is 66.0 Å². The Hall–Kier alpha value is -3.56. The molecule has 0 radical (unpaired) electrons. The van der Waals surface area contributed by atoms with Crippen LogP contribution in [0.4, 0.5) is 0 Å². The molecule has 0 spiro atoms. The lowest BCUT2D eigenvalue weighted by atomic mass is 9.86. The maximum Gasteiger partial charge on any atom is 0.341 e. The first kappa shape index (κ1) is 25.1. The van der Waals surface area contributed by atoms with Crippen LogP contribution in [0.25, 0.3) is 16.8 Å². The first-order chi connectivity index (χ1) is 18.1. The van der Waals surface area contributed by atoms with E-state index in [1.54, 1.807) is 6.20 Å². The molecular weight excluding hydrogens is 464 g/mol. The quantitative estimate of drug-likeness (QED) is 0.331. The zero-order valence-electron chi connectivity index (χ0n) is 21.5. The smallest absolute Gasteiger partial charge is 0.341 e. The van der Waals surface area contributed by atoms with Crippen molar-refractivity contribution in [2.24, 2.45) is 11.8 Å². The lowest BCUT2D eigenvalue weighted by Gasteiger charge is -2.28. The molecule has 0 amide bonds. The molecule has 6 heteroatoms. The molecule has 1 aromatic heterocycles. The number of ether oxygens (including phenoxy) is 2. The summed E-state index contributed by atoms with van der Waals surface area (Å²) in [5.41, 5.74) is 4.24. The van der Waals surface area contributed by atoms with Crippen LogP contribution in [0.15, 0.2) is 54.7 Å². The van der Waals surface area contributed by atoms with Gasteiger partial charge in [0.1, 0.15) is 17.9 Å². The monoisotopic (exact) mass is 498 g/mol. The number of aromatic nitrogens is 2. The van der Waals surface area contributed by atoms with Crippen molar-refractivity contribution in [1.82, 2.24) is 9.78 Å². The predicted molar refractivity (Wildman–Crippen MR) is 143 cm³/mol. The summed E-state index contributed by atoms with van der Waals surface area (Å²) < 4.78 is 13.2. The van der Waals surface area contributed by atoms with Gasteiger partial charge in [-0.1, -0.05) is 55.4 Å². The van der Waals surface area contributed by atoms with Crippen molar-refractivity contribution < 1.29 is 19.4 Å². The van der Waals surface area contributed by atoms with Gasteiger partial charge in [0.25, 0.3) is 0 Å². The van der Waals surface area contributed by atoms with Crippen molar-refractivity contribution in [3.8, 4) is 34.4 Å². The number of nitrogens with zero attached hydrogens (tertiary/aromatic N) is 2. The van der Waals surface area contributed by atoms with Gasteiger partial charge in [0.15, 0.2) is 0 Å². The summed E-state index contributed by atoms with van der Waals surface area (Å²) >= 11 is 0. The second kappa shape index (κ2) is 11.2. The van der Waals surface area contributed by atoms with Gasteiger partial charge in [0.05, 0.1) is 30.8 Å². The number of aliphatic hydroxyl groups is 1. The average Bonchev–Trinajstić information content (AvgIpc) is 3.58. The van der Waals surface area contributed by atoms with Gasteiger partial charge in [0, 0.05) is 11.8 Å². The van der Waals surface area contributed by atoms with Crippen LogP contribution < -0.4 is 4.74 Å². The van der Waals surface area contributed by atoms with Crippen molar-refractivity contribution >= 4 is 5.97 Å². The molecule has 1 heterocycles. The molecule has 2 aliphatic rings. The fourth-order valence-corrected chi connectivity index (χ4v) is 5.50. The molecule has 192 valence electrons. The fourth-order valence-electron chi connectivity index (χ4n) is 5.50. The van der Waals surface area contributed by atoms with Gasteiger partial charge in [-0.2, -0.15) is 5.10 Å². The van der Waals surface area contributed by atoms with E-state index in [9.17, 15) is 4.79 Å². The van der Waals surface area contributed by atoms with Crippen LogP contribution >= 0.6 is 0 Å². The fraction of sp³-hybridized carbons (Fsp3) is 0.419. The van der Waals surface area contributed by atoms with Crippen LogP contribution in [0.2, 0.25) is 0 Å². The molecule has 2 aromatic carbocycles. The van der Waals surface area contributed by atoms with Crippen molar-refractivity contribution in [2.45, 2.75) is 57.5 Å². The minimum Gasteiger partial charge on any atom is -0.490 e. The Kier molecular flexibility index (Phi) is 7.62. The molecule has 0 bridgehead atoms. The third-order valence-electron chi connectivity index (χ3n) is 7.61. The Morgan fingerprint density at radius 2 is 1.89 bits per heavy atom. The Balaban J connectivity index is 1.42. The molecule has 1 N–H and O–H groups in total. The Labute approximate surface area is 218 Å². The van der Waals surface area contributed by atoms with Gasteiger partial charge in [0.2, 0.25) is 0 Å². The first-order valence-electron chi connectivity index (χ1n) is 13.2. The molecule has 0 saturated heterocycles. The summed E-state index contributed by atoms with van der Waals surface area (Å²) in [6.45, 7) is 2.02. The molecule has 3 atom stereocenters. The second-order valence-electron chi connectivity index (χ2n) is 10.1. The lowest BCUT2D eigenvalue weighted by Crippen LogP contribution is -2.25. The molecule has 2 aliphatic carbocycles. The molecule has 3 aromatic rings. The van der Waals surface area contributed by atoms with Crippen LogP contribution in [-0.2, 0) is 4.74 Å². The highest BCUT2D eigenvalue weighted by Crippen LogP contribution is 2.49. The van der Waals surface area contributed by atoms with Crippen LogP contribution in [-0.4, -0.2) is 40.7 Å². The van der Waals surface area contributed by atoms with E-state index in [4.69, 9.17) is 14.6 Å². The standard InChI is InChI=1S/C31H34N2O4/c1-21(22-9-4-3-5-10-22)37-27-15-7-12-24(18-27)23-11-6-14-26(17-23)33-30(28-19-25(28)13-8-16-34)29(20-32-33)31(35)36-2/h6-7,11-12,14-15,17-18,20-22,25,28,34H,3-5,9-10,16,19H2,1-2H3/t21-,25+,28+/m0/s1. The van der Waals surface area contributed by atoms with E-state index in [-0.39, 0.29) is 24.5 Å². The Morgan fingerprint density at radius 1 is 1.14 bits per heavy atom. The maximum absolute atomic E-state index is 12.5. The van der Waals surface area contributed by atoms with Crippen molar-refractivity contribution in [3.63, 3.8) is 0 Å². The van der Waals surface area contributed by atoms with Gasteiger partial charge in [-0.3, -0.25) is 0 Å². The van der Waals surface area contributed by atoms with Gasteiger partial charge in [-0.05, 0) is 67.5 Å². The Morgan fingerprint density at radius 3 is 2.65 bits per heavy atom. The summed E-state index contributed by atoms with van der Waals surface area (Å²) in [6.07, 6.45) is 9.02. The number of carbonyl (C=O) groups is 1. The van der Waals surface area contributed by atoms with Crippen LogP contribution in [0, 0.1) is 23.7 Å². The summed E-state index contributed by atoms with van der Waals surface area (Å²) in [6, 6.07) is 16.4. The minimum absolute atomic E-state index is 0.0670. The van der Waals surface area contributed by atoms with Crippen molar-refractivity contribution in [1.29, 1.82) is 0 Å². The minimum atomic E-state index is -0.407. The SMILES string of the molecule is COC(=O)c1cnn(-c2cccc(-c3cccc(O[C@@H](C)C4CCCCC4)c3)c2)c1[C@@H]1C[C@H]1C#CCO. The van der Waals surface area contributed by atoms with Crippen LogP contribution in [0.5, 0.6) is 5.75 Å². The molecule has 2 saturated carbocycles. The summed E-state index contributed by atoms with van der Waals surface area (Å²) in [5, 5.41) is 13.6. The number of hydrogen-bond donors (Lipinski definition) is 1. The normalized spacial score (nSPS) is 20.0. The second-order valence-corrected chi connectivity index (χ2v) is 10.1. The van der Waals surface area contributed by atoms with Crippen LogP contribution in [0.1, 0.15) is 67.4 Å². The number of carbonyl (C=O) groups excluding carboxylic acids is 1. The van der Waals surface area contributed by atoms with Gasteiger partial charge in [-0.15, -0.1) is 0 Å².